The number of carbonyl (C=O) groups excluding carboxylic acids is 1. The third-order valence-electron chi connectivity index (χ3n) is 3.23. The van der Waals surface area contributed by atoms with Gasteiger partial charge in [0.15, 0.2) is 0 Å². The van der Waals surface area contributed by atoms with E-state index in [2.05, 4.69) is 11.0 Å². The number of hydrogen-bond donors (Lipinski definition) is 1. The Morgan fingerprint density at radius 1 is 1.35 bits per heavy atom. The molecule has 0 aliphatic carbocycles. The highest BCUT2D eigenvalue weighted by Crippen LogP contribution is 2.07. The predicted octanol–water partition coefficient (Wildman–Crippen LogP) is 0.0276. The van der Waals surface area contributed by atoms with E-state index in [-0.39, 0.29) is 17.9 Å². The lowest BCUT2D eigenvalue weighted by molar-refractivity contribution is -0.135. The van der Waals surface area contributed by atoms with Crippen LogP contribution in [0.4, 0.5) is 0 Å². The van der Waals surface area contributed by atoms with Gasteiger partial charge in [-0.3, -0.25) is 9.69 Å². The van der Waals surface area contributed by atoms with Crippen molar-refractivity contribution in [3.05, 3.63) is 0 Å². The summed E-state index contributed by atoms with van der Waals surface area (Å²) >= 11 is 0. The van der Waals surface area contributed by atoms with Gasteiger partial charge in [0.2, 0.25) is 5.91 Å². The molecule has 0 aromatic rings. The second kappa shape index (κ2) is 6.58. The molecule has 1 aliphatic heterocycles. The van der Waals surface area contributed by atoms with Gasteiger partial charge in [-0.05, 0) is 5.92 Å². The van der Waals surface area contributed by atoms with Gasteiger partial charge in [0.1, 0.15) is 0 Å². The highest BCUT2D eigenvalue weighted by molar-refractivity contribution is 5.82. The van der Waals surface area contributed by atoms with Crippen molar-refractivity contribution in [1.29, 1.82) is 5.26 Å². The van der Waals surface area contributed by atoms with E-state index in [1.165, 1.54) is 0 Å². The number of piperazine rings is 1. The second-order valence-electron chi connectivity index (χ2n) is 4.84. The summed E-state index contributed by atoms with van der Waals surface area (Å²) in [7, 11) is 0. The van der Waals surface area contributed by atoms with Gasteiger partial charge in [-0.2, -0.15) is 5.26 Å². The summed E-state index contributed by atoms with van der Waals surface area (Å²) in [4.78, 5) is 16.0. The van der Waals surface area contributed by atoms with Crippen LogP contribution in [0.15, 0.2) is 0 Å². The molecule has 0 saturated carbocycles. The molecule has 0 bridgehead atoms. The van der Waals surface area contributed by atoms with Gasteiger partial charge in [-0.15, -0.1) is 0 Å². The number of nitrogens with two attached hydrogens (primary N) is 1. The maximum Gasteiger partial charge on any atom is 0.239 e. The molecule has 1 saturated heterocycles. The molecular weight excluding hydrogens is 216 g/mol. The molecule has 1 atom stereocenters. The van der Waals surface area contributed by atoms with Crippen molar-refractivity contribution in [3.8, 4) is 6.07 Å². The van der Waals surface area contributed by atoms with Crippen LogP contribution in [0.1, 0.15) is 20.3 Å². The van der Waals surface area contributed by atoms with Crippen molar-refractivity contribution in [2.75, 3.05) is 32.7 Å². The first-order valence-corrected chi connectivity index (χ1v) is 6.20. The number of carbonyl (C=O) groups is 1. The highest BCUT2D eigenvalue weighted by atomic mass is 16.2. The summed E-state index contributed by atoms with van der Waals surface area (Å²) in [5, 5.41) is 8.51. The van der Waals surface area contributed by atoms with Crippen LogP contribution in [0.3, 0.4) is 0 Å². The van der Waals surface area contributed by atoms with Gasteiger partial charge in [-0.25, -0.2) is 0 Å². The molecule has 2 N–H and O–H groups in total. The van der Waals surface area contributed by atoms with E-state index < -0.39 is 0 Å². The number of amides is 1. The lowest BCUT2D eigenvalue weighted by atomic mass is 10.0. The van der Waals surface area contributed by atoms with Crippen molar-refractivity contribution in [2.24, 2.45) is 11.7 Å². The first-order chi connectivity index (χ1) is 8.06. The van der Waals surface area contributed by atoms with E-state index in [1.807, 2.05) is 18.7 Å². The Kier molecular flexibility index (Phi) is 5.39. The van der Waals surface area contributed by atoms with Gasteiger partial charge in [0, 0.05) is 39.1 Å². The number of nitriles is 1. The quantitative estimate of drug-likeness (QED) is 0.750. The zero-order chi connectivity index (χ0) is 12.8. The third-order valence-corrected chi connectivity index (χ3v) is 3.23. The Morgan fingerprint density at radius 2 is 1.94 bits per heavy atom. The lowest BCUT2D eigenvalue weighted by Gasteiger charge is -2.36. The second-order valence-corrected chi connectivity index (χ2v) is 4.84. The Labute approximate surface area is 103 Å². The molecule has 0 aromatic carbocycles. The molecule has 1 amide bonds. The molecule has 0 aromatic heterocycles. The Balaban J connectivity index is 2.36. The predicted molar refractivity (Wildman–Crippen MR) is 66.1 cm³/mol. The monoisotopic (exact) mass is 238 g/mol. The summed E-state index contributed by atoms with van der Waals surface area (Å²) in [6, 6.07) is 1.75. The summed E-state index contributed by atoms with van der Waals surface area (Å²) in [6.45, 7) is 7.87. The number of rotatable bonds is 4. The molecule has 0 unspecified atom stereocenters. The maximum atomic E-state index is 12.0. The molecule has 0 radical (unpaired) electrons. The highest BCUT2D eigenvalue weighted by Gasteiger charge is 2.26. The minimum Gasteiger partial charge on any atom is -0.339 e. The Hall–Kier alpha value is -1.12. The van der Waals surface area contributed by atoms with Crippen LogP contribution in [-0.4, -0.2) is 54.5 Å². The lowest BCUT2D eigenvalue weighted by Crippen LogP contribution is -2.54. The Morgan fingerprint density at radius 3 is 2.41 bits per heavy atom. The van der Waals surface area contributed by atoms with Crippen molar-refractivity contribution in [2.45, 2.75) is 26.3 Å². The SMILES string of the molecule is CC(C)[C@H](N)C(=O)N1CCN(CCC#N)CC1. The van der Waals surface area contributed by atoms with Crippen molar-refractivity contribution in [1.82, 2.24) is 9.80 Å². The van der Waals surface area contributed by atoms with Gasteiger partial charge in [0.25, 0.3) is 0 Å². The molecular formula is C12H22N4O. The third kappa shape index (κ3) is 3.99. The van der Waals surface area contributed by atoms with Crippen molar-refractivity contribution >= 4 is 5.91 Å². The summed E-state index contributed by atoms with van der Waals surface area (Å²) in [5.74, 6) is 0.235. The fourth-order valence-corrected chi connectivity index (χ4v) is 1.90. The van der Waals surface area contributed by atoms with E-state index in [4.69, 9.17) is 11.0 Å². The molecule has 1 fully saturated rings. The van der Waals surface area contributed by atoms with Gasteiger partial charge in [0.05, 0.1) is 12.1 Å². The van der Waals surface area contributed by atoms with Crippen LogP contribution in [0.25, 0.3) is 0 Å². The molecule has 5 heteroatoms. The molecule has 96 valence electrons. The fourth-order valence-electron chi connectivity index (χ4n) is 1.90. The van der Waals surface area contributed by atoms with E-state index >= 15 is 0 Å². The van der Waals surface area contributed by atoms with Crippen molar-refractivity contribution in [3.63, 3.8) is 0 Å². The summed E-state index contributed by atoms with van der Waals surface area (Å²) < 4.78 is 0. The van der Waals surface area contributed by atoms with E-state index in [9.17, 15) is 4.79 Å². The number of hydrogen-bond acceptors (Lipinski definition) is 4. The van der Waals surface area contributed by atoms with Crippen LogP contribution in [0.2, 0.25) is 0 Å². The zero-order valence-corrected chi connectivity index (χ0v) is 10.7. The van der Waals surface area contributed by atoms with Crippen LogP contribution in [0.5, 0.6) is 0 Å². The van der Waals surface area contributed by atoms with Crippen molar-refractivity contribution < 1.29 is 4.79 Å². The van der Waals surface area contributed by atoms with E-state index in [0.717, 1.165) is 32.7 Å². The molecule has 1 aliphatic rings. The molecule has 0 spiro atoms. The van der Waals surface area contributed by atoms with Crippen LogP contribution in [-0.2, 0) is 4.79 Å². The average Bonchev–Trinajstić information content (AvgIpc) is 2.35. The summed E-state index contributed by atoms with van der Waals surface area (Å²) in [5.41, 5.74) is 5.86. The zero-order valence-electron chi connectivity index (χ0n) is 10.7. The smallest absolute Gasteiger partial charge is 0.239 e. The first-order valence-electron chi connectivity index (χ1n) is 6.20. The fraction of sp³-hybridized carbons (Fsp3) is 0.833. The van der Waals surface area contributed by atoms with E-state index in [1.54, 1.807) is 0 Å². The van der Waals surface area contributed by atoms with Crippen LogP contribution >= 0.6 is 0 Å². The Bertz CT molecular complexity index is 289. The van der Waals surface area contributed by atoms with E-state index in [0.29, 0.717) is 6.42 Å². The van der Waals surface area contributed by atoms with Crippen LogP contribution in [0, 0.1) is 17.2 Å². The normalized spacial score (nSPS) is 19.1. The topological polar surface area (TPSA) is 73.4 Å². The molecule has 5 nitrogen and oxygen atoms in total. The molecule has 1 heterocycles. The minimum absolute atomic E-state index is 0.0555. The molecule has 1 rings (SSSR count). The molecule has 17 heavy (non-hydrogen) atoms. The first kappa shape index (κ1) is 13.9. The minimum atomic E-state index is -0.388. The summed E-state index contributed by atoms with van der Waals surface area (Å²) in [6.07, 6.45) is 0.555. The maximum absolute atomic E-state index is 12.0. The van der Waals surface area contributed by atoms with Gasteiger partial charge >= 0.3 is 0 Å². The standard InChI is InChI=1S/C12H22N4O/c1-10(2)11(14)12(17)16-8-6-15(7-9-16)5-3-4-13/h10-11H,3,5-9,14H2,1-2H3/t11-/m0/s1. The van der Waals surface area contributed by atoms with Gasteiger partial charge in [-0.1, -0.05) is 13.8 Å². The largest absolute Gasteiger partial charge is 0.339 e. The van der Waals surface area contributed by atoms with Crippen LogP contribution < -0.4 is 5.73 Å². The van der Waals surface area contributed by atoms with Gasteiger partial charge < -0.3 is 10.6 Å². The average molecular weight is 238 g/mol. The number of nitrogens with zero attached hydrogens (tertiary/aromatic N) is 3.